The summed E-state index contributed by atoms with van der Waals surface area (Å²) in [6.45, 7) is 0. The number of aromatic amines is 1. The molecule has 1 heterocycles. The van der Waals surface area contributed by atoms with E-state index in [0.717, 1.165) is 4.90 Å². The summed E-state index contributed by atoms with van der Waals surface area (Å²) < 4.78 is 0. The summed E-state index contributed by atoms with van der Waals surface area (Å²) in [6, 6.07) is 11.6. The number of hydrogen-bond donors (Lipinski definition) is 2. The van der Waals surface area contributed by atoms with E-state index in [1.807, 2.05) is 18.4 Å². The number of thioether (sulfide) groups is 1. The molecule has 0 fully saturated rings. The highest BCUT2D eigenvalue weighted by Crippen LogP contribution is 2.23. The van der Waals surface area contributed by atoms with Crippen LogP contribution in [-0.2, 0) is 0 Å². The van der Waals surface area contributed by atoms with Crippen molar-refractivity contribution in [1.82, 2.24) is 10.2 Å². The predicted octanol–water partition coefficient (Wildman–Crippen LogP) is 3.45. The van der Waals surface area contributed by atoms with Crippen LogP contribution in [0.25, 0.3) is 10.9 Å². The van der Waals surface area contributed by atoms with E-state index in [-0.39, 0.29) is 11.4 Å². The highest BCUT2D eigenvalue weighted by Gasteiger charge is 2.17. The number of hydrogen-bond acceptors (Lipinski definition) is 5. The van der Waals surface area contributed by atoms with Gasteiger partial charge in [0.1, 0.15) is 0 Å². The number of nitro benzene ring substituents is 1. The standard InChI is InChI=1S/C15H12N4O3S/c1-23-11-5-2-9(3-6-11)16-15(20)14-12-8-10(19(21)22)4-7-13(12)17-18-14/h2-8H,1H3,(H,16,20)(H,17,18). The summed E-state index contributed by atoms with van der Waals surface area (Å²) in [7, 11) is 0. The number of non-ortho nitro benzene ring substituents is 1. The van der Waals surface area contributed by atoms with Crippen LogP contribution in [0.4, 0.5) is 11.4 Å². The lowest BCUT2D eigenvalue weighted by Gasteiger charge is -2.04. The molecule has 3 aromatic rings. The predicted molar refractivity (Wildman–Crippen MR) is 88.9 cm³/mol. The summed E-state index contributed by atoms with van der Waals surface area (Å²) in [5.74, 6) is -0.423. The molecule has 0 atom stereocenters. The fourth-order valence-electron chi connectivity index (χ4n) is 2.15. The number of anilines is 1. The van der Waals surface area contributed by atoms with E-state index < -0.39 is 10.8 Å². The van der Waals surface area contributed by atoms with Crippen LogP contribution < -0.4 is 5.32 Å². The summed E-state index contributed by atoms with van der Waals surface area (Å²) >= 11 is 1.61. The van der Waals surface area contributed by atoms with Crippen molar-refractivity contribution in [3.8, 4) is 0 Å². The van der Waals surface area contributed by atoms with E-state index in [0.29, 0.717) is 16.6 Å². The van der Waals surface area contributed by atoms with E-state index in [1.165, 1.54) is 18.2 Å². The number of nitro groups is 1. The van der Waals surface area contributed by atoms with Crippen LogP contribution in [0.1, 0.15) is 10.5 Å². The summed E-state index contributed by atoms with van der Waals surface area (Å²) in [4.78, 5) is 23.8. The first-order chi connectivity index (χ1) is 11.1. The minimum absolute atomic E-state index is 0.0859. The molecule has 0 radical (unpaired) electrons. The van der Waals surface area contributed by atoms with Crippen LogP contribution in [0, 0.1) is 10.1 Å². The van der Waals surface area contributed by atoms with Gasteiger partial charge in [-0.25, -0.2) is 0 Å². The third-order valence-corrected chi connectivity index (χ3v) is 4.06. The van der Waals surface area contributed by atoms with Gasteiger partial charge in [-0.05, 0) is 36.6 Å². The van der Waals surface area contributed by atoms with Gasteiger partial charge in [-0.15, -0.1) is 11.8 Å². The molecule has 23 heavy (non-hydrogen) atoms. The van der Waals surface area contributed by atoms with Crippen molar-refractivity contribution in [3.63, 3.8) is 0 Å². The van der Waals surface area contributed by atoms with Gasteiger partial charge in [0.15, 0.2) is 5.69 Å². The zero-order valence-electron chi connectivity index (χ0n) is 12.1. The molecule has 8 heteroatoms. The van der Waals surface area contributed by atoms with Gasteiger partial charge in [-0.1, -0.05) is 0 Å². The van der Waals surface area contributed by atoms with E-state index in [9.17, 15) is 14.9 Å². The fourth-order valence-corrected chi connectivity index (χ4v) is 2.56. The number of carbonyl (C=O) groups excluding carboxylic acids is 1. The number of carbonyl (C=O) groups is 1. The molecule has 2 N–H and O–H groups in total. The number of benzene rings is 2. The van der Waals surface area contributed by atoms with Crippen molar-refractivity contribution in [2.24, 2.45) is 0 Å². The van der Waals surface area contributed by atoms with Crippen LogP contribution in [0.3, 0.4) is 0 Å². The topological polar surface area (TPSA) is 101 Å². The van der Waals surface area contributed by atoms with Gasteiger partial charge in [-0.2, -0.15) is 5.10 Å². The van der Waals surface area contributed by atoms with Gasteiger partial charge in [0.05, 0.1) is 10.4 Å². The van der Waals surface area contributed by atoms with Gasteiger partial charge in [0.25, 0.3) is 11.6 Å². The summed E-state index contributed by atoms with van der Waals surface area (Å²) in [5.41, 5.74) is 1.24. The third-order valence-electron chi connectivity index (χ3n) is 3.32. The minimum Gasteiger partial charge on any atom is -0.321 e. The molecule has 3 rings (SSSR count). The first-order valence-electron chi connectivity index (χ1n) is 6.66. The van der Waals surface area contributed by atoms with Crippen LogP contribution in [0.5, 0.6) is 0 Å². The monoisotopic (exact) mass is 328 g/mol. The van der Waals surface area contributed by atoms with Crippen molar-refractivity contribution < 1.29 is 9.72 Å². The van der Waals surface area contributed by atoms with Gasteiger partial charge in [-0.3, -0.25) is 20.0 Å². The van der Waals surface area contributed by atoms with Gasteiger partial charge >= 0.3 is 0 Å². The molecule has 0 saturated heterocycles. The Morgan fingerprint density at radius 2 is 2.00 bits per heavy atom. The Kier molecular flexibility index (Phi) is 3.98. The molecular weight excluding hydrogens is 316 g/mol. The number of rotatable bonds is 4. The normalized spacial score (nSPS) is 10.7. The number of aromatic nitrogens is 2. The number of H-pyrrole nitrogens is 1. The lowest BCUT2D eigenvalue weighted by molar-refractivity contribution is -0.384. The molecule has 1 aromatic heterocycles. The summed E-state index contributed by atoms with van der Waals surface area (Å²) in [5, 5.41) is 20.7. The molecule has 7 nitrogen and oxygen atoms in total. The second kappa shape index (κ2) is 6.09. The second-order valence-corrected chi connectivity index (χ2v) is 5.62. The fraction of sp³-hybridized carbons (Fsp3) is 0.0667. The van der Waals surface area contributed by atoms with Crippen LogP contribution >= 0.6 is 11.8 Å². The SMILES string of the molecule is CSc1ccc(NC(=O)c2n[nH]c3ccc([N+](=O)[O-])cc23)cc1. The molecule has 0 bridgehead atoms. The Hall–Kier alpha value is -2.87. The second-order valence-electron chi connectivity index (χ2n) is 4.74. The Labute approximate surface area is 135 Å². The average molecular weight is 328 g/mol. The maximum atomic E-state index is 12.4. The van der Waals surface area contributed by atoms with Crippen molar-refractivity contribution in [3.05, 3.63) is 58.3 Å². The number of fused-ring (bicyclic) bond motifs is 1. The smallest absolute Gasteiger partial charge is 0.276 e. The molecule has 0 unspecified atom stereocenters. The molecule has 0 spiro atoms. The largest absolute Gasteiger partial charge is 0.321 e. The first-order valence-corrected chi connectivity index (χ1v) is 7.89. The van der Waals surface area contributed by atoms with Crippen molar-refractivity contribution in [2.45, 2.75) is 4.90 Å². The molecule has 116 valence electrons. The molecule has 0 aliphatic rings. The van der Waals surface area contributed by atoms with E-state index in [1.54, 1.807) is 23.9 Å². The number of amides is 1. The maximum absolute atomic E-state index is 12.4. The first kappa shape index (κ1) is 15.0. The molecule has 0 aliphatic heterocycles. The molecule has 1 amide bonds. The zero-order valence-corrected chi connectivity index (χ0v) is 12.9. The quantitative estimate of drug-likeness (QED) is 0.434. The maximum Gasteiger partial charge on any atom is 0.276 e. The zero-order chi connectivity index (χ0) is 16.4. The van der Waals surface area contributed by atoms with Crippen LogP contribution in [0.15, 0.2) is 47.4 Å². The molecule has 0 aliphatic carbocycles. The van der Waals surface area contributed by atoms with Crippen LogP contribution in [-0.4, -0.2) is 27.3 Å². The average Bonchev–Trinajstić information content (AvgIpc) is 2.98. The summed E-state index contributed by atoms with van der Waals surface area (Å²) in [6.07, 6.45) is 1.97. The van der Waals surface area contributed by atoms with E-state index in [2.05, 4.69) is 15.5 Å². The highest BCUT2D eigenvalue weighted by molar-refractivity contribution is 7.98. The number of nitrogens with zero attached hydrogens (tertiary/aromatic N) is 2. The van der Waals surface area contributed by atoms with Crippen molar-refractivity contribution in [1.29, 1.82) is 0 Å². The van der Waals surface area contributed by atoms with Crippen molar-refractivity contribution >= 4 is 39.9 Å². The molecule has 0 saturated carbocycles. The van der Waals surface area contributed by atoms with E-state index >= 15 is 0 Å². The third kappa shape index (κ3) is 3.02. The Bertz CT molecular complexity index is 889. The molecular formula is C15H12N4O3S. The van der Waals surface area contributed by atoms with Crippen LogP contribution in [0.2, 0.25) is 0 Å². The Balaban J connectivity index is 1.90. The lowest BCUT2D eigenvalue weighted by Crippen LogP contribution is -2.12. The molecule has 2 aromatic carbocycles. The van der Waals surface area contributed by atoms with Gasteiger partial charge in [0.2, 0.25) is 0 Å². The number of nitrogens with one attached hydrogen (secondary N) is 2. The highest BCUT2D eigenvalue weighted by atomic mass is 32.2. The van der Waals surface area contributed by atoms with Crippen molar-refractivity contribution in [2.75, 3.05) is 11.6 Å². The lowest BCUT2D eigenvalue weighted by atomic mass is 10.2. The minimum atomic E-state index is -0.505. The van der Waals surface area contributed by atoms with Gasteiger partial charge < -0.3 is 5.32 Å². The van der Waals surface area contributed by atoms with E-state index in [4.69, 9.17) is 0 Å². The van der Waals surface area contributed by atoms with Gasteiger partial charge in [0, 0.05) is 28.1 Å². The Morgan fingerprint density at radius 1 is 1.26 bits per heavy atom. The Morgan fingerprint density at radius 3 is 2.65 bits per heavy atom.